The number of nitrogens with zero attached hydrogens (tertiary/aromatic N) is 2. The molecule has 0 fully saturated rings. The molecule has 4 heteroatoms. The lowest BCUT2D eigenvalue weighted by atomic mass is 10.2. The maximum absolute atomic E-state index is 12.3. The Morgan fingerprint density at radius 3 is 2.74 bits per heavy atom. The Balaban J connectivity index is 1.95. The highest BCUT2D eigenvalue weighted by atomic mass is 16.3. The number of fused-ring (bicyclic) bond motifs is 1. The van der Waals surface area contributed by atoms with Gasteiger partial charge in [-0.25, -0.2) is 0 Å². The zero-order chi connectivity index (χ0) is 13.2. The summed E-state index contributed by atoms with van der Waals surface area (Å²) in [7, 11) is 1.73. The van der Waals surface area contributed by atoms with Crippen molar-refractivity contribution in [2.24, 2.45) is 0 Å². The van der Waals surface area contributed by atoms with Gasteiger partial charge in [0.05, 0.1) is 6.20 Å². The van der Waals surface area contributed by atoms with Gasteiger partial charge >= 0.3 is 0 Å². The Labute approximate surface area is 110 Å². The molecule has 0 saturated heterocycles. The molecule has 3 rings (SSSR count). The van der Waals surface area contributed by atoms with Gasteiger partial charge in [0.2, 0.25) is 0 Å². The third-order valence-corrected chi connectivity index (χ3v) is 2.98. The molecule has 4 nitrogen and oxygen atoms in total. The number of pyridine rings is 1. The summed E-state index contributed by atoms with van der Waals surface area (Å²) in [5.41, 5.74) is 1.44. The fourth-order valence-electron chi connectivity index (χ4n) is 1.92. The second-order valence-corrected chi connectivity index (χ2v) is 4.22. The average molecular weight is 252 g/mol. The summed E-state index contributed by atoms with van der Waals surface area (Å²) in [6.07, 6.45) is 3.28. The number of rotatable bonds is 2. The van der Waals surface area contributed by atoms with E-state index < -0.39 is 0 Å². The zero-order valence-electron chi connectivity index (χ0n) is 10.4. The van der Waals surface area contributed by atoms with Crippen LogP contribution in [0.25, 0.3) is 11.0 Å². The molecule has 0 spiro atoms. The Morgan fingerprint density at radius 1 is 1.21 bits per heavy atom. The Kier molecular flexibility index (Phi) is 2.76. The Morgan fingerprint density at radius 2 is 2.00 bits per heavy atom. The van der Waals surface area contributed by atoms with E-state index in [1.54, 1.807) is 30.4 Å². The summed E-state index contributed by atoms with van der Waals surface area (Å²) < 4.78 is 5.52. The van der Waals surface area contributed by atoms with Gasteiger partial charge in [0, 0.05) is 24.3 Å². The number of para-hydroxylation sites is 1. The van der Waals surface area contributed by atoms with Crippen LogP contribution in [0.15, 0.2) is 59.3 Å². The smallest absolute Gasteiger partial charge is 0.293 e. The molecular formula is C15H12N2O2. The maximum Gasteiger partial charge on any atom is 0.293 e. The van der Waals surface area contributed by atoms with Crippen molar-refractivity contribution in [3.8, 4) is 0 Å². The van der Waals surface area contributed by atoms with Crippen molar-refractivity contribution < 1.29 is 9.21 Å². The molecule has 0 aliphatic rings. The first-order valence-corrected chi connectivity index (χ1v) is 5.92. The third kappa shape index (κ3) is 2.08. The van der Waals surface area contributed by atoms with E-state index in [1.165, 1.54) is 0 Å². The van der Waals surface area contributed by atoms with Crippen molar-refractivity contribution in [3.05, 3.63) is 60.6 Å². The highest BCUT2D eigenvalue weighted by Crippen LogP contribution is 2.21. The first-order chi connectivity index (χ1) is 9.25. The molecule has 2 heterocycles. The summed E-state index contributed by atoms with van der Waals surface area (Å²) in [4.78, 5) is 17.9. The summed E-state index contributed by atoms with van der Waals surface area (Å²) in [5.74, 6) is 0.136. The molecule has 0 aliphatic carbocycles. The van der Waals surface area contributed by atoms with E-state index in [0.29, 0.717) is 11.3 Å². The first kappa shape index (κ1) is 11.5. The molecule has 3 aromatic rings. The van der Waals surface area contributed by atoms with Gasteiger partial charge in [0.25, 0.3) is 5.91 Å². The van der Waals surface area contributed by atoms with Crippen LogP contribution < -0.4 is 4.90 Å². The van der Waals surface area contributed by atoms with Gasteiger partial charge in [0.15, 0.2) is 11.3 Å². The van der Waals surface area contributed by atoms with E-state index in [-0.39, 0.29) is 5.91 Å². The lowest BCUT2D eigenvalue weighted by Gasteiger charge is -2.15. The highest BCUT2D eigenvalue weighted by molar-refractivity contribution is 6.05. The molecule has 0 unspecified atom stereocenters. The largest absolute Gasteiger partial charge is 0.449 e. The predicted octanol–water partition coefficient (Wildman–Crippen LogP) is 3.10. The van der Waals surface area contributed by atoms with Gasteiger partial charge in [-0.2, -0.15) is 0 Å². The van der Waals surface area contributed by atoms with E-state index in [0.717, 1.165) is 11.1 Å². The number of benzene rings is 1. The predicted molar refractivity (Wildman–Crippen MR) is 73.2 cm³/mol. The summed E-state index contributed by atoms with van der Waals surface area (Å²) in [6, 6.07) is 13.0. The van der Waals surface area contributed by atoms with Crippen LogP contribution in [0.4, 0.5) is 5.69 Å². The van der Waals surface area contributed by atoms with E-state index in [2.05, 4.69) is 4.98 Å². The number of carbonyl (C=O) groups is 1. The first-order valence-electron chi connectivity index (χ1n) is 5.92. The summed E-state index contributed by atoms with van der Waals surface area (Å²) >= 11 is 0. The number of amides is 1. The summed E-state index contributed by atoms with van der Waals surface area (Å²) in [6.45, 7) is 0. The Bertz CT molecular complexity index is 686. The number of hydrogen-bond acceptors (Lipinski definition) is 3. The second-order valence-electron chi connectivity index (χ2n) is 4.22. The molecule has 0 N–H and O–H groups in total. The third-order valence-electron chi connectivity index (χ3n) is 2.98. The van der Waals surface area contributed by atoms with Gasteiger partial charge in [-0.3, -0.25) is 9.78 Å². The van der Waals surface area contributed by atoms with Crippen LogP contribution in [-0.2, 0) is 0 Å². The standard InChI is InChI=1S/C15H12N2O2/c1-17(12-5-3-2-4-6-12)15(18)13-9-11-7-8-16-10-14(11)19-13/h2-10H,1H3. The molecule has 2 aromatic heterocycles. The Hall–Kier alpha value is -2.62. The quantitative estimate of drug-likeness (QED) is 0.704. The van der Waals surface area contributed by atoms with E-state index in [9.17, 15) is 4.79 Å². The molecule has 94 valence electrons. The lowest BCUT2D eigenvalue weighted by Crippen LogP contribution is -2.25. The maximum atomic E-state index is 12.3. The van der Waals surface area contributed by atoms with Crippen LogP contribution in [0.1, 0.15) is 10.6 Å². The summed E-state index contributed by atoms with van der Waals surface area (Å²) in [5, 5.41) is 0.875. The van der Waals surface area contributed by atoms with Crippen LogP contribution in [0.3, 0.4) is 0 Å². The van der Waals surface area contributed by atoms with Crippen molar-refractivity contribution in [1.29, 1.82) is 0 Å². The van der Waals surface area contributed by atoms with E-state index >= 15 is 0 Å². The zero-order valence-corrected chi connectivity index (χ0v) is 10.4. The minimum atomic E-state index is -0.178. The fraction of sp³-hybridized carbons (Fsp3) is 0.0667. The van der Waals surface area contributed by atoms with Crippen LogP contribution in [0.5, 0.6) is 0 Å². The second kappa shape index (κ2) is 4.57. The highest BCUT2D eigenvalue weighted by Gasteiger charge is 2.17. The van der Waals surface area contributed by atoms with Crippen molar-refractivity contribution >= 4 is 22.6 Å². The number of anilines is 1. The average Bonchev–Trinajstić information content (AvgIpc) is 2.90. The molecule has 1 aromatic carbocycles. The van der Waals surface area contributed by atoms with Crippen molar-refractivity contribution in [1.82, 2.24) is 4.98 Å². The topological polar surface area (TPSA) is 46.3 Å². The van der Waals surface area contributed by atoms with Crippen molar-refractivity contribution in [2.75, 3.05) is 11.9 Å². The molecule has 19 heavy (non-hydrogen) atoms. The van der Waals surface area contributed by atoms with Crippen LogP contribution in [-0.4, -0.2) is 17.9 Å². The van der Waals surface area contributed by atoms with Crippen LogP contribution in [0.2, 0.25) is 0 Å². The van der Waals surface area contributed by atoms with Crippen molar-refractivity contribution in [3.63, 3.8) is 0 Å². The van der Waals surface area contributed by atoms with E-state index in [1.807, 2.05) is 36.4 Å². The SMILES string of the molecule is CN(C(=O)c1cc2ccncc2o1)c1ccccc1. The molecular weight excluding hydrogens is 240 g/mol. The molecule has 0 saturated carbocycles. The number of hydrogen-bond donors (Lipinski definition) is 0. The molecule has 1 amide bonds. The fourth-order valence-corrected chi connectivity index (χ4v) is 1.92. The molecule has 0 atom stereocenters. The van der Waals surface area contributed by atoms with Crippen LogP contribution >= 0.6 is 0 Å². The number of aromatic nitrogens is 1. The molecule has 0 radical (unpaired) electrons. The normalized spacial score (nSPS) is 10.6. The van der Waals surface area contributed by atoms with Gasteiger partial charge < -0.3 is 9.32 Å². The number of furan rings is 1. The monoisotopic (exact) mass is 252 g/mol. The van der Waals surface area contributed by atoms with Gasteiger partial charge in [0.1, 0.15) is 0 Å². The van der Waals surface area contributed by atoms with Crippen LogP contribution in [0, 0.1) is 0 Å². The lowest BCUT2D eigenvalue weighted by molar-refractivity contribution is 0.0968. The van der Waals surface area contributed by atoms with Gasteiger partial charge in [-0.15, -0.1) is 0 Å². The minimum absolute atomic E-state index is 0.178. The van der Waals surface area contributed by atoms with E-state index in [4.69, 9.17) is 4.42 Å². The van der Waals surface area contributed by atoms with Crippen molar-refractivity contribution in [2.45, 2.75) is 0 Å². The number of carbonyl (C=O) groups excluding carboxylic acids is 1. The minimum Gasteiger partial charge on any atom is -0.449 e. The molecule has 0 bridgehead atoms. The van der Waals surface area contributed by atoms with Gasteiger partial charge in [-0.1, -0.05) is 18.2 Å². The molecule has 0 aliphatic heterocycles. The van der Waals surface area contributed by atoms with Gasteiger partial charge in [-0.05, 0) is 24.3 Å².